The fourth-order valence-electron chi connectivity index (χ4n) is 5.39. The number of primary sulfonamides is 1. The van der Waals surface area contributed by atoms with Crippen molar-refractivity contribution in [3.8, 4) is 0 Å². The molecule has 3 aromatic heterocycles. The molecule has 2 fully saturated rings. The average Bonchev–Trinajstić information content (AvgIpc) is 3.27. The van der Waals surface area contributed by atoms with Gasteiger partial charge in [-0.15, -0.1) is 0 Å². The van der Waals surface area contributed by atoms with Crippen molar-refractivity contribution in [1.82, 2.24) is 19.3 Å². The van der Waals surface area contributed by atoms with Gasteiger partial charge in [0.2, 0.25) is 20.0 Å². The molecule has 1 atom stereocenters. The SMILES string of the molecule is NS(=O)(=O)CC1CCCN(S(=O)(=O)CC2CCN(c3ccnc4cnc5[nH]ccc5c34)CC2)C1. The van der Waals surface area contributed by atoms with E-state index in [4.69, 9.17) is 5.14 Å². The highest BCUT2D eigenvalue weighted by Crippen LogP contribution is 2.34. The van der Waals surface area contributed by atoms with Gasteiger partial charge in [-0.05, 0) is 49.7 Å². The van der Waals surface area contributed by atoms with Crippen LogP contribution in [0.2, 0.25) is 0 Å². The highest BCUT2D eigenvalue weighted by Gasteiger charge is 2.33. The number of aromatic amines is 1. The molecule has 3 aromatic rings. The Morgan fingerprint density at radius 3 is 2.56 bits per heavy atom. The Bertz CT molecular complexity index is 1400. The van der Waals surface area contributed by atoms with E-state index in [1.165, 1.54) is 4.31 Å². The number of pyridine rings is 2. The second kappa shape index (κ2) is 9.06. The molecule has 12 heteroatoms. The number of nitrogens with two attached hydrogens (primary N) is 1. The predicted molar refractivity (Wildman–Crippen MR) is 132 cm³/mol. The van der Waals surface area contributed by atoms with Gasteiger partial charge in [0.1, 0.15) is 5.65 Å². The number of aromatic nitrogens is 3. The highest BCUT2D eigenvalue weighted by atomic mass is 32.2. The Hall–Kier alpha value is -2.28. The summed E-state index contributed by atoms with van der Waals surface area (Å²) >= 11 is 0. The third-order valence-corrected chi connectivity index (χ3v) is 9.96. The second-order valence-electron chi connectivity index (χ2n) is 9.49. The van der Waals surface area contributed by atoms with Crippen LogP contribution in [0.5, 0.6) is 0 Å². The van der Waals surface area contributed by atoms with Crippen LogP contribution >= 0.6 is 0 Å². The Labute approximate surface area is 199 Å². The largest absolute Gasteiger partial charge is 0.371 e. The van der Waals surface area contributed by atoms with Crippen LogP contribution in [0.25, 0.3) is 21.9 Å². The summed E-state index contributed by atoms with van der Waals surface area (Å²) in [6, 6.07) is 4.03. The van der Waals surface area contributed by atoms with Crippen LogP contribution in [0.15, 0.2) is 30.7 Å². The molecule has 2 aliphatic heterocycles. The van der Waals surface area contributed by atoms with Crippen LogP contribution in [-0.2, 0) is 20.0 Å². The number of hydrogen-bond acceptors (Lipinski definition) is 7. The maximum atomic E-state index is 13.1. The molecule has 34 heavy (non-hydrogen) atoms. The topological polar surface area (TPSA) is 142 Å². The lowest BCUT2D eigenvalue weighted by atomic mass is 9.98. The van der Waals surface area contributed by atoms with Gasteiger partial charge in [-0.2, -0.15) is 0 Å². The molecule has 1 unspecified atom stereocenters. The van der Waals surface area contributed by atoms with Crippen LogP contribution in [0.1, 0.15) is 25.7 Å². The zero-order valence-electron chi connectivity index (χ0n) is 18.9. The normalized spacial score (nSPS) is 21.4. The Morgan fingerprint density at radius 2 is 1.79 bits per heavy atom. The third kappa shape index (κ3) is 4.90. The van der Waals surface area contributed by atoms with Gasteiger partial charge in [-0.1, -0.05) is 0 Å². The first-order valence-corrected chi connectivity index (χ1v) is 15.0. The van der Waals surface area contributed by atoms with Crippen LogP contribution in [-0.4, -0.2) is 73.8 Å². The van der Waals surface area contributed by atoms with Crippen molar-refractivity contribution in [2.45, 2.75) is 25.7 Å². The van der Waals surface area contributed by atoms with Gasteiger partial charge in [0.15, 0.2) is 0 Å². The van der Waals surface area contributed by atoms with E-state index in [2.05, 4.69) is 19.9 Å². The summed E-state index contributed by atoms with van der Waals surface area (Å²) in [4.78, 5) is 14.4. The summed E-state index contributed by atoms with van der Waals surface area (Å²) in [5.41, 5.74) is 2.76. The van der Waals surface area contributed by atoms with E-state index in [-0.39, 0.29) is 29.9 Å². The van der Waals surface area contributed by atoms with Crippen molar-refractivity contribution in [3.63, 3.8) is 0 Å². The molecule has 2 saturated heterocycles. The maximum absolute atomic E-state index is 13.1. The van der Waals surface area contributed by atoms with Crippen molar-refractivity contribution >= 4 is 47.7 Å². The van der Waals surface area contributed by atoms with Crippen molar-refractivity contribution in [1.29, 1.82) is 0 Å². The second-order valence-corrected chi connectivity index (χ2v) is 13.2. The van der Waals surface area contributed by atoms with Crippen LogP contribution in [0, 0.1) is 11.8 Å². The minimum Gasteiger partial charge on any atom is -0.371 e. The molecule has 0 amide bonds. The first kappa shape index (κ1) is 23.5. The summed E-state index contributed by atoms with van der Waals surface area (Å²) in [5.74, 6) is -0.227. The molecule has 5 heterocycles. The third-order valence-electron chi connectivity index (χ3n) is 7.01. The smallest absolute Gasteiger partial charge is 0.214 e. The van der Waals surface area contributed by atoms with E-state index in [1.54, 1.807) is 12.4 Å². The summed E-state index contributed by atoms with van der Waals surface area (Å²) in [5, 5.41) is 7.28. The molecular weight excluding hydrogens is 476 g/mol. The number of nitrogens with zero attached hydrogens (tertiary/aromatic N) is 4. The van der Waals surface area contributed by atoms with Crippen molar-refractivity contribution in [2.24, 2.45) is 17.0 Å². The lowest BCUT2D eigenvalue weighted by molar-refractivity contribution is 0.279. The number of H-pyrrole nitrogens is 1. The fourth-order valence-corrected chi connectivity index (χ4v) is 8.30. The van der Waals surface area contributed by atoms with Gasteiger partial charge in [0.05, 0.1) is 23.2 Å². The van der Waals surface area contributed by atoms with Gasteiger partial charge >= 0.3 is 0 Å². The molecule has 0 radical (unpaired) electrons. The van der Waals surface area contributed by atoms with Crippen molar-refractivity contribution < 1.29 is 16.8 Å². The Morgan fingerprint density at radius 1 is 1.00 bits per heavy atom. The number of fused-ring (bicyclic) bond motifs is 3. The lowest BCUT2D eigenvalue weighted by Gasteiger charge is -2.36. The van der Waals surface area contributed by atoms with Gasteiger partial charge in [0, 0.05) is 55.0 Å². The molecule has 10 nitrogen and oxygen atoms in total. The minimum absolute atomic E-state index is 0.0712. The van der Waals surface area contributed by atoms with Gasteiger partial charge in [-0.25, -0.2) is 31.3 Å². The van der Waals surface area contributed by atoms with Crippen molar-refractivity contribution in [3.05, 3.63) is 30.7 Å². The Balaban J connectivity index is 1.26. The molecule has 0 saturated carbocycles. The first-order valence-electron chi connectivity index (χ1n) is 11.6. The molecule has 0 bridgehead atoms. The maximum Gasteiger partial charge on any atom is 0.214 e. The summed E-state index contributed by atoms with van der Waals surface area (Å²) < 4.78 is 50.6. The van der Waals surface area contributed by atoms with E-state index in [1.807, 2.05) is 18.3 Å². The lowest BCUT2D eigenvalue weighted by Crippen LogP contribution is -2.45. The van der Waals surface area contributed by atoms with Gasteiger partial charge in [0.25, 0.3) is 0 Å². The number of sulfonamides is 2. The summed E-state index contributed by atoms with van der Waals surface area (Å²) in [7, 11) is -7.07. The molecule has 5 rings (SSSR count). The van der Waals surface area contributed by atoms with Gasteiger partial charge < -0.3 is 9.88 Å². The van der Waals surface area contributed by atoms with E-state index in [0.29, 0.717) is 19.4 Å². The number of anilines is 1. The minimum atomic E-state index is -3.62. The van der Waals surface area contributed by atoms with E-state index < -0.39 is 20.0 Å². The van der Waals surface area contributed by atoms with E-state index >= 15 is 0 Å². The summed E-state index contributed by atoms with van der Waals surface area (Å²) in [6.45, 7) is 2.22. The van der Waals surface area contributed by atoms with E-state index in [9.17, 15) is 16.8 Å². The quantitative estimate of drug-likeness (QED) is 0.518. The standard InChI is InChI=1S/C22H30N6O4S2/c23-33(29,30)14-17-2-1-9-28(13-17)34(31,32)15-16-5-10-27(11-6-16)20-4-8-24-19-12-26-22-18(21(19)20)3-7-25-22/h3-4,7-8,12,16-17H,1-2,5-6,9-11,13-15H2,(H,25,26)(H2,23,29,30). The highest BCUT2D eigenvalue weighted by molar-refractivity contribution is 7.89. The first-order chi connectivity index (χ1) is 16.2. The molecule has 0 aromatic carbocycles. The average molecular weight is 507 g/mol. The number of hydrogen-bond donors (Lipinski definition) is 2. The zero-order chi connectivity index (χ0) is 23.9. The number of piperidine rings is 2. The van der Waals surface area contributed by atoms with Crippen LogP contribution in [0.3, 0.4) is 0 Å². The molecule has 184 valence electrons. The zero-order valence-corrected chi connectivity index (χ0v) is 20.6. The summed E-state index contributed by atoms with van der Waals surface area (Å²) in [6.07, 6.45) is 8.35. The Kier molecular flexibility index (Phi) is 6.25. The number of rotatable bonds is 6. The molecular formula is C22H30N6O4S2. The van der Waals surface area contributed by atoms with Gasteiger partial charge in [-0.3, -0.25) is 4.98 Å². The molecule has 0 spiro atoms. The predicted octanol–water partition coefficient (Wildman–Crippen LogP) is 1.66. The van der Waals surface area contributed by atoms with Crippen LogP contribution < -0.4 is 10.0 Å². The van der Waals surface area contributed by atoms with E-state index in [0.717, 1.165) is 53.6 Å². The fraction of sp³-hybridized carbons (Fsp3) is 0.545. The molecule has 0 aliphatic carbocycles. The van der Waals surface area contributed by atoms with Crippen molar-refractivity contribution in [2.75, 3.05) is 42.6 Å². The number of nitrogens with one attached hydrogen (secondary N) is 1. The molecule has 3 N–H and O–H groups in total. The van der Waals surface area contributed by atoms with Crippen LogP contribution in [0.4, 0.5) is 5.69 Å². The molecule has 2 aliphatic rings. The monoisotopic (exact) mass is 506 g/mol.